The largest absolute Gasteiger partial charge is 0.486 e. The van der Waals surface area contributed by atoms with Gasteiger partial charge in [0.2, 0.25) is 0 Å². The van der Waals surface area contributed by atoms with Crippen molar-refractivity contribution in [2.75, 3.05) is 26.3 Å². The van der Waals surface area contributed by atoms with E-state index in [0.717, 1.165) is 22.2 Å². The Morgan fingerprint density at radius 3 is 2.77 bits per heavy atom. The van der Waals surface area contributed by atoms with Gasteiger partial charge in [-0.2, -0.15) is 0 Å². The number of amidine groups is 1. The summed E-state index contributed by atoms with van der Waals surface area (Å²) < 4.78 is 11.1. The summed E-state index contributed by atoms with van der Waals surface area (Å²) in [6.45, 7) is 6.35. The average Bonchev–Trinajstić information content (AvgIpc) is 2.83. The van der Waals surface area contributed by atoms with Crippen molar-refractivity contribution in [3.8, 4) is 11.5 Å². The van der Waals surface area contributed by atoms with E-state index in [0.29, 0.717) is 31.2 Å². The Morgan fingerprint density at radius 1 is 1.27 bits per heavy atom. The van der Waals surface area contributed by atoms with Gasteiger partial charge in [-0.05, 0) is 49.4 Å². The van der Waals surface area contributed by atoms with Gasteiger partial charge in [0.15, 0.2) is 16.7 Å². The van der Waals surface area contributed by atoms with Crippen LogP contribution in [-0.4, -0.2) is 42.3 Å². The van der Waals surface area contributed by atoms with Gasteiger partial charge in [0.25, 0.3) is 5.91 Å². The van der Waals surface area contributed by atoms with Gasteiger partial charge in [-0.1, -0.05) is 6.07 Å². The maximum Gasteiger partial charge on any atom is 0.266 e. The van der Waals surface area contributed by atoms with E-state index in [2.05, 4.69) is 4.99 Å². The molecule has 0 saturated carbocycles. The number of thioether (sulfide) groups is 1. The third kappa shape index (κ3) is 2.83. The quantitative estimate of drug-likeness (QED) is 0.804. The average molecular weight is 318 g/mol. The summed E-state index contributed by atoms with van der Waals surface area (Å²) in [5.74, 6) is 1.49. The van der Waals surface area contributed by atoms with Crippen LogP contribution in [-0.2, 0) is 4.79 Å². The van der Waals surface area contributed by atoms with Crippen molar-refractivity contribution < 1.29 is 14.3 Å². The van der Waals surface area contributed by atoms with Crippen LogP contribution in [0.25, 0.3) is 6.08 Å². The molecular formula is C16H18N2O3S. The smallest absolute Gasteiger partial charge is 0.266 e. The molecule has 0 atom stereocenters. The lowest BCUT2D eigenvalue weighted by atomic mass is 10.1. The molecule has 22 heavy (non-hydrogen) atoms. The Labute approximate surface area is 134 Å². The highest BCUT2D eigenvalue weighted by molar-refractivity contribution is 8.18. The highest BCUT2D eigenvalue weighted by Gasteiger charge is 2.31. The van der Waals surface area contributed by atoms with E-state index < -0.39 is 0 Å². The Hall–Kier alpha value is -1.95. The van der Waals surface area contributed by atoms with Crippen LogP contribution >= 0.6 is 11.8 Å². The number of nitrogens with zero attached hydrogens (tertiary/aromatic N) is 2. The molecule has 0 radical (unpaired) electrons. The molecule has 1 aromatic carbocycles. The van der Waals surface area contributed by atoms with Crippen molar-refractivity contribution >= 4 is 28.9 Å². The van der Waals surface area contributed by atoms with Gasteiger partial charge in [-0.15, -0.1) is 0 Å². The van der Waals surface area contributed by atoms with Gasteiger partial charge in [0.05, 0.1) is 4.91 Å². The zero-order valence-corrected chi connectivity index (χ0v) is 13.5. The highest BCUT2D eigenvalue weighted by atomic mass is 32.2. The third-order valence-corrected chi connectivity index (χ3v) is 4.41. The number of carbonyl (C=O) groups excluding carboxylic acids is 1. The first-order valence-electron chi connectivity index (χ1n) is 7.38. The van der Waals surface area contributed by atoms with Gasteiger partial charge in [0, 0.05) is 13.1 Å². The number of ether oxygens (including phenoxy) is 2. The maximum atomic E-state index is 12.4. The molecule has 0 aliphatic carbocycles. The van der Waals surface area contributed by atoms with Crippen LogP contribution in [0.15, 0.2) is 28.1 Å². The van der Waals surface area contributed by atoms with Gasteiger partial charge < -0.3 is 9.47 Å². The molecule has 2 aliphatic heterocycles. The number of hydrogen-bond acceptors (Lipinski definition) is 5. The number of likely N-dealkylation sites (N-methyl/N-ethyl adjacent to an activating group) is 1. The predicted molar refractivity (Wildman–Crippen MR) is 88.4 cm³/mol. The summed E-state index contributed by atoms with van der Waals surface area (Å²) >= 11 is 1.42. The molecule has 2 heterocycles. The Kier molecular flexibility index (Phi) is 4.38. The molecule has 0 spiro atoms. The summed E-state index contributed by atoms with van der Waals surface area (Å²) in [4.78, 5) is 19.2. The molecule has 3 rings (SSSR count). The second kappa shape index (κ2) is 6.44. The van der Waals surface area contributed by atoms with Crippen molar-refractivity contribution in [2.24, 2.45) is 4.99 Å². The standard InChI is InChI=1S/C16H18N2O3S/c1-3-17-16-18(4-2)15(19)14(22-16)10-11-5-6-12-13(9-11)21-8-7-20-12/h5-6,9-10H,3-4,7-8H2,1-2H3/b14-10+,17-16?. The topological polar surface area (TPSA) is 51.1 Å². The zero-order valence-electron chi connectivity index (χ0n) is 12.7. The number of aliphatic imine (C=N–C) groups is 1. The molecule has 1 amide bonds. The fourth-order valence-electron chi connectivity index (χ4n) is 2.34. The maximum absolute atomic E-state index is 12.4. The molecule has 2 aliphatic rings. The molecule has 0 N–H and O–H groups in total. The second-order valence-corrected chi connectivity index (χ2v) is 5.83. The van der Waals surface area contributed by atoms with Gasteiger partial charge in [0.1, 0.15) is 13.2 Å². The van der Waals surface area contributed by atoms with Crippen LogP contribution in [0.5, 0.6) is 11.5 Å². The van der Waals surface area contributed by atoms with Crippen LogP contribution in [0.2, 0.25) is 0 Å². The first-order valence-corrected chi connectivity index (χ1v) is 8.20. The van der Waals surface area contributed by atoms with Crippen molar-refractivity contribution in [1.29, 1.82) is 0 Å². The van der Waals surface area contributed by atoms with E-state index in [-0.39, 0.29) is 5.91 Å². The summed E-state index contributed by atoms with van der Waals surface area (Å²) in [5, 5.41) is 0.777. The Bertz CT molecular complexity index is 655. The van der Waals surface area contributed by atoms with Crippen molar-refractivity contribution in [3.63, 3.8) is 0 Å². The number of benzene rings is 1. The molecule has 6 heteroatoms. The summed E-state index contributed by atoms with van der Waals surface area (Å²) in [5.41, 5.74) is 0.925. The fourth-order valence-corrected chi connectivity index (χ4v) is 3.45. The molecule has 1 saturated heterocycles. The molecule has 116 valence electrons. The van der Waals surface area contributed by atoms with E-state index in [1.54, 1.807) is 4.90 Å². The predicted octanol–water partition coefficient (Wildman–Crippen LogP) is 2.77. The van der Waals surface area contributed by atoms with Crippen molar-refractivity contribution in [2.45, 2.75) is 13.8 Å². The first kappa shape index (κ1) is 15.0. The summed E-state index contributed by atoms with van der Waals surface area (Å²) in [6, 6.07) is 5.71. The molecule has 0 aromatic heterocycles. The zero-order chi connectivity index (χ0) is 15.5. The highest BCUT2D eigenvalue weighted by Crippen LogP contribution is 2.35. The van der Waals surface area contributed by atoms with Crippen molar-refractivity contribution in [1.82, 2.24) is 4.90 Å². The van der Waals surface area contributed by atoms with Crippen molar-refractivity contribution in [3.05, 3.63) is 28.7 Å². The second-order valence-electron chi connectivity index (χ2n) is 4.82. The van der Waals surface area contributed by atoms with E-state index >= 15 is 0 Å². The Morgan fingerprint density at radius 2 is 2.05 bits per heavy atom. The van der Waals surface area contributed by atoms with Gasteiger partial charge >= 0.3 is 0 Å². The van der Waals surface area contributed by atoms with Gasteiger partial charge in [-0.25, -0.2) is 0 Å². The monoisotopic (exact) mass is 318 g/mol. The van der Waals surface area contributed by atoms with Crippen LogP contribution < -0.4 is 9.47 Å². The SMILES string of the molecule is CCN=C1S/C(=C/c2ccc3c(c2)OCCO3)C(=O)N1CC. The van der Waals surface area contributed by atoms with Gasteiger partial charge in [-0.3, -0.25) is 14.7 Å². The van der Waals surface area contributed by atoms with Crippen LogP contribution in [0, 0.1) is 0 Å². The lowest BCUT2D eigenvalue weighted by molar-refractivity contribution is -0.122. The Balaban J connectivity index is 1.89. The fraction of sp³-hybridized carbons (Fsp3) is 0.375. The van der Waals surface area contributed by atoms with Crippen LogP contribution in [0.1, 0.15) is 19.4 Å². The van der Waals surface area contributed by atoms with Crippen LogP contribution in [0.3, 0.4) is 0 Å². The number of carbonyl (C=O) groups is 1. The first-order chi connectivity index (χ1) is 10.7. The lowest BCUT2D eigenvalue weighted by Gasteiger charge is -2.18. The number of hydrogen-bond donors (Lipinski definition) is 0. The number of fused-ring (bicyclic) bond motifs is 1. The minimum absolute atomic E-state index is 0.00888. The minimum Gasteiger partial charge on any atom is -0.486 e. The molecule has 5 nitrogen and oxygen atoms in total. The number of amides is 1. The summed E-state index contributed by atoms with van der Waals surface area (Å²) in [7, 11) is 0. The molecular weight excluding hydrogens is 300 g/mol. The van der Waals surface area contributed by atoms with Crippen LogP contribution in [0.4, 0.5) is 0 Å². The lowest BCUT2D eigenvalue weighted by Crippen LogP contribution is -2.28. The normalized spacial score (nSPS) is 21.0. The van der Waals surface area contributed by atoms with E-state index in [1.807, 2.05) is 38.1 Å². The molecule has 0 unspecified atom stereocenters. The number of rotatable bonds is 3. The molecule has 1 aromatic rings. The third-order valence-electron chi connectivity index (χ3n) is 3.36. The minimum atomic E-state index is 0.00888. The van der Waals surface area contributed by atoms with E-state index in [1.165, 1.54) is 11.8 Å². The van der Waals surface area contributed by atoms with E-state index in [9.17, 15) is 4.79 Å². The van der Waals surface area contributed by atoms with E-state index in [4.69, 9.17) is 9.47 Å². The molecule has 0 bridgehead atoms. The molecule has 1 fully saturated rings. The summed E-state index contributed by atoms with van der Waals surface area (Å²) in [6.07, 6.45) is 1.88.